The van der Waals surface area contributed by atoms with Crippen molar-refractivity contribution < 1.29 is 0 Å². The number of halogens is 1. The number of nitrogens with one attached hydrogen (secondary N) is 1. The minimum Gasteiger partial charge on any atom is -0.314 e. The fourth-order valence-corrected chi connectivity index (χ4v) is 3.04. The molecule has 1 heterocycles. The number of aryl methyl sites for hydroxylation is 1. The minimum absolute atomic E-state index is 0.653. The molecule has 0 saturated heterocycles. The summed E-state index contributed by atoms with van der Waals surface area (Å²) in [4.78, 5) is 1.41. The average molecular weight is 260 g/mol. The van der Waals surface area contributed by atoms with Crippen LogP contribution in [0.4, 0.5) is 0 Å². The summed E-state index contributed by atoms with van der Waals surface area (Å²) in [5.41, 5.74) is 0. The summed E-state index contributed by atoms with van der Waals surface area (Å²) in [5.74, 6) is 0.715. The third-order valence-electron chi connectivity index (χ3n) is 2.84. The Bertz CT molecular complexity index is 296. The topological polar surface area (TPSA) is 12.0 Å². The summed E-state index contributed by atoms with van der Waals surface area (Å²) >= 11 is 7.61. The van der Waals surface area contributed by atoms with E-state index in [9.17, 15) is 0 Å². The summed E-state index contributed by atoms with van der Waals surface area (Å²) in [7, 11) is 0. The van der Waals surface area contributed by atoms with E-state index in [-0.39, 0.29) is 0 Å². The molecular formula is C13H22ClNS. The third-order valence-corrected chi connectivity index (χ3v) is 4.13. The molecular weight excluding hydrogens is 238 g/mol. The number of thiophene rings is 1. The Labute approximate surface area is 108 Å². The van der Waals surface area contributed by atoms with Gasteiger partial charge in [-0.3, -0.25) is 0 Å². The van der Waals surface area contributed by atoms with Crippen molar-refractivity contribution in [3.05, 3.63) is 21.3 Å². The maximum Gasteiger partial charge on any atom is 0.0931 e. The van der Waals surface area contributed by atoms with Crippen LogP contribution >= 0.6 is 22.9 Å². The predicted octanol–water partition coefficient (Wildman–Crippen LogP) is 4.36. The van der Waals surface area contributed by atoms with Gasteiger partial charge in [-0.05, 0) is 43.9 Å². The monoisotopic (exact) mass is 259 g/mol. The van der Waals surface area contributed by atoms with E-state index in [2.05, 4.69) is 32.2 Å². The van der Waals surface area contributed by atoms with Crippen molar-refractivity contribution in [3.63, 3.8) is 0 Å². The maximum atomic E-state index is 5.91. The van der Waals surface area contributed by atoms with Gasteiger partial charge in [0.05, 0.1) is 4.34 Å². The molecule has 0 saturated carbocycles. The van der Waals surface area contributed by atoms with Gasteiger partial charge in [-0.2, -0.15) is 0 Å². The first-order valence-electron chi connectivity index (χ1n) is 6.11. The second kappa shape index (κ2) is 7.31. The maximum absolute atomic E-state index is 5.91. The zero-order chi connectivity index (χ0) is 12.0. The summed E-state index contributed by atoms with van der Waals surface area (Å²) in [6.45, 7) is 7.81. The van der Waals surface area contributed by atoms with Gasteiger partial charge in [0.2, 0.25) is 0 Å². The van der Waals surface area contributed by atoms with Crippen molar-refractivity contribution in [3.8, 4) is 0 Å². The molecule has 0 bridgehead atoms. The summed E-state index contributed by atoms with van der Waals surface area (Å²) in [5, 5.41) is 3.55. The lowest BCUT2D eigenvalue weighted by Crippen LogP contribution is -2.33. The smallest absolute Gasteiger partial charge is 0.0931 e. The lowest BCUT2D eigenvalue weighted by molar-refractivity contribution is 0.377. The Balaban J connectivity index is 2.27. The molecule has 3 heteroatoms. The summed E-state index contributed by atoms with van der Waals surface area (Å²) in [6.07, 6.45) is 3.65. The Morgan fingerprint density at radius 3 is 2.62 bits per heavy atom. The van der Waals surface area contributed by atoms with Crippen LogP contribution in [-0.4, -0.2) is 12.6 Å². The Hall–Kier alpha value is -0.0500. The van der Waals surface area contributed by atoms with Crippen LogP contribution in [0.2, 0.25) is 4.34 Å². The Kier molecular flexibility index (Phi) is 6.40. The van der Waals surface area contributed by atoms with E-state index in [1.54, 1.807) is 11.3 Å². The summed E-state index contributed by atoms with van der Waals surface area (Å²) in [6, 6.07) is 4.79. The first kappa shape index (κ1) is 14.0. The van der Waals surface area contributed by atoms with Gasteiger partial charge in [-0.15, -0.1) is 11.3 Å². The van der Waals surface area contributed by atoms with Crippen LogP contribution in [0.1, 0.15) is 38.5 Å². The lowest BCUT2D eigenvalue weighted by Gasteiger charge is -2.21. The fraction of sp³-hybridized carbons (Fsp3) is 0.692. The van der Waals surface area contributed by atoms with E-state index in [1.807, 2.05) is 6.07 Å². The molecule has 0 aliphatic rings. The molecule has 92 valence electrons. The molecule has 1 N–H and O–H groups in total. The van der Waals surface area contributed by atoms with Crippen molar-refractivity contribution >= 4 is 22.9 Å². The van der Waals surface area contributed by atoms with Crippen molar-refractivity contribution in [2.75, 3.05) is 6.54 Å². The fourth-order valence-electron chi connectivity index (χ4n) is 1.92. The van der Waals surface area contributed by atoms with Gasteiger partial charge < -0.3 is 5.32 Å². The van der Waals surface area contributed by atoms with Crippen LogP contribution in [-0.2, 0) is 6.42 Å². The molecule has 1 unspecified atom stereocenters. The van der Waals surface area contributed by atoms with Crippen LogP contribution in [0.3, 0.4) is 0 Å². The van der Waals surface area contributed by atoms with Crippen molar-refractivity contribution in [1.29, 1.82) is 0 Å². The predicted molar refractivity (Wildman–Crippen MR) is 74.6 cm³/mol. The van der Waals surface area contributed by atoms with Gasteiger partial charge in [0, 0.05) is 10.9 Å². The third kappa shape index (κ3) is 4.86. The molecule has 0 aliphatic heterocycles. The SMILES string of the molecule is CCNC(CCCc1ccc(Cl)s1)C(C)C. The van der Waals surface area contributed by atoms with Gasteiger partial charge >= 0.3 is 0 Å². The average Bonchev–Trinajstić information content (AvgIpc) is 2.63. The van der Waals surface area contributed by atoms with E-state index in [0.29, 0.717) is 12.0 Å². The standard InChI is InChI=1S/C13H22ClNS/c1-4-15-12(10(2)3)7-5-6-11-8-9-13(14)16-11/h8-10,12,15H,4-7H2,1-3H3. The van der Waals surface area contributed by atoms with E-state index < -0.39 is 0 Å². The highest BCUT2D eigenvalue weighted by atomic mass is 35.5. The van der Waals surface area contributed by atoms with Crippen LogP contribution in [0.15, 0.2) is 12.1 Å². The van der Waals surface area contributed by atoms with Gasteiger partial charge in [0.25, 0.3) is 0 Å². The van der Waals surface area contributed by atoms with Gasteiger partial charge in [0.1, 0.15) is 0 Å². The highest BCUT2D eigenvalue weighted by molar-refractivity contribution is 7.16. The molecule has 16 heavy (non-hydrogen) atoms. The molecule has 1 aromatic heterocycles. The number of hydrogen-bond donors (Lipinski definition) is 1. The first-order valence-corrected chi connectivity index (χ1v) is 7.30. The van der Waals surface area contributed by atoms with E-state index in [1.165, 1.54) is 17.7 Å². The van der Waals surface area contributed by atoms with Gasteiger partial charge in [-0.25, -0.2) is 0 Å². The molecule has 0 spiro atoms. The molecule has 0 radical (unpaired) electrons. The van der Waals surface area contributed by atoms with E-state index in [0.717, 1.165) is 17.3 Å². The van der Waals surface area contributed by atoms with Crippen LogP contribution in [0, 0.1) is 5.92 Å². The van der Waals surface area contributed by atoms with Crippen molar-refractivity contribution in [1.82, 2.24) is 5.32 Å². The molecule has 0 aromatic carbocycles. The van der Waals surface area contributed by atoms with Gasteiger partial charge in [0.15, 0.2) is 0 Å². The zero-order valence-corrected chi connectivity index (χ0v) is 12.0. The van der Waals surface area contributed by atoms with E-state index in [4.69, 9.17) is 11.6 Å². The zero-order valence-electron chi connectivity index (χ0n) is 10.4. The number of rotatable bonds is 7. The Morgan fingerprint density at radius 1 is 1.38 bits per heavy atom. The minimum atomic E-state index is 0.653. The Morgan fingerprint density at radius 2 is 2.12 bits per heavy atom. The molecule has 0 amide bonds. The van der Waals surface area contributed by atoms with Crippen molar-refractivity contribution in [2.45, 2.75) is 46.1 Å². The summed E-state index contributed by atoms with van der Waals surface area (Å²) < 4.78 is 0.905. The van der Waals surface area contributed by atoms with Crippen LogP contribution in [0.25, 0.3) is 0 Å². The molecule has 1 rings (SSSR count). The highest BCUT2D eigenvalue weighted by Crippen LogP contribution is 2.23. The quantitative estimate of drug-likeness (QED) is 0.767. The normalized spacial score (nSPS) is 13.3. The highest BCUT2D eigenvalue weighted by Gasteiger charge is 2.11. The van der Waals surface area contributed by atoms with Crippen molar-refractivity contribution in [2.24, 2.45) is 5.92 Å². The number of hydrogen-bond acceptors (Lipinski definition) is 2. The van der Waals surface area contributed by atoms with E-state index >= 15 is 0 Å². The molecule has 1 nitrogen and oxygen atoms in total. The molecule has 1 atom stereocenters. The van der Waals surface area contributed by atoms with Crippen LogP contribution < -0.4 is 5.32 Å². The second-order valence-corrected chi connectivity index (χ2v) is 6.31. The molecule has 0 aliphatic carbocycles. The second-order valence-electron chi connectivity index (χ2n) is 4.51. The molecule has 0 fully saturated rings. The lowest BCUT2D eigenvalue weighted by atomic mass is 9.98. The first-order chi connectivity index (χ1) is 7.63. The van der Waals surface area contributed by atoms with Gasteiger partial charge in [-0.1, -0.05) is 32.4 Å². The largest absolute Gasteiger partial charge is 0.314 e. The molecule has 1 aromatic rings. The van der Waals surface area contributed by atoms with Crippen LogP contribution in [0.5, 0.6) is 0 Å².